The van der Waals surface area contributed by atoms with Crippen LogP contribution in [0.4, 0.5) is 0 Å². The predicted molar refractivity (Wildman–Crippen MR) is 107 cm³/mol. The Kier molecular flexibility index (Phi) is 8.39. The van der Waals surface area contributed by atoms with Gasteiger partial charge in [-0.15, -0.1) is 0 Å². The van der Waals surface area contributed by atoms with E-state index in [4.69, 9.17) is 11.6 Å². The summed E-state index contributed by atoms with van der Waals surface area (Å²) in [7, 11) is 2.21. The molecule has 1 aromatic heterocycles. The number of likely N-dealkylation sites (tertiary alicyclic amines) is 1. The summed E-state index contributed by atoms with van der Waals surface area (Å²) in [6.07, 6.45) is 3.05. The largest absolute Gasteiger partial charge is 0.311 e. The monoisotopic (exact) mass is 359 g/mol. The van der Waals surface area contributed by atoms with E-state index in [1.165, 1.54) is 12.0 Å². The van der Waals surface area contributed by atoms with Crippen molar-refractivity contribution in [2.45, 2.75) is 32.7 Å². The number of piperidine rings is 1. The lowest BCUT2D eigenvalue weighted by Gasteiger charge is -2.37. The number of hydrogen-bond acceptors (Lipinski definition) is 3. The van der Waals surface area contributed by atoms with Crippen LogP contribution >= 0.6 is 11.6 Å². The van der Waals surface area contributed by atoms with Gasteiger partial charge in [-0.2, -0.15) is 0 Å². The molecule has 0 radical (unpaired) electrons. The summed E-state index contributed by atoms with van der Waals surface area (Å²) >= 11 is 6.03. The van der Waals surface area contributed by atoms with Crippen LogP contribution in [0, 0.1) is 5.92 Å². The van der Waals surface area contributed by atoms with Gasteiger partial charge in [-0.25, -0.2) is 0 Å². The van der Waals surface area contributed by atoms with E-state index < -0.39 is 0 Å². The lowest BCUT2D eigenvalue weighted by molar-refractivity contribution is 0.180. The highest BCUT2D eigenvalue weighted by Crippen LogP contribution is 2.32. The smallest absolute Gasteiger partial charge is 0.0541 e. The lowest BCUT2D eigenvalue weighted by atomic mass is 9.80. The van der Waals surface area contributed by atoms with Gasteiger partial charge in [-0.3, -0.25) is 4.98 Å². The summed E-state index contributed by atoms with van der Waals surface area (Å²) in [6, 6.07) is 14.4. The van der Waals surface area contributed by atoms with Gasteiger partial charge in [0, 0.05) is 30.9 Å². The molecule has 1 unspecified atom stereocenters. The Morgan fingerprint density at radius 3 is 2.60 bits per heavy atom. The number of aromatic nitrogens is 1. The first-order chi connectivity index (χ1) is 12.2. The van der Waals surface area contributed by atoms with Crippen molar-refractivity contribution in [3.05, 3.63) is 64.9 Å². The van der Waals surface area contributed by atoms with Gasteiger partial charge < -0.3 is 10.2 Å². The van der Waals surface area contributed by atoms with Crippen LogP contribution in [0.25, 0.3) is 0 Å². The Hall–Kier alpha value is -1.42. The van der Waals surface area contributed by atoms with Gasteiger partial charge in [0.2, 0.25) is 0 Å². The molecule has 2 aromatic rings. The van der Waals surface area contributed by atoms with Gasteiger partial charge in [-0.05, 0) is 61.7 Å². The third-order valence-electron chi connectivity index (χ3n) is 4.67. The molecule has 0 amide bonds. The zero-order valence-electron chi connectivity index (χ0n) is 15.6. The van der Waals surface area contributed by atoms with Crippen LogP contribution in [0.15, 0.2) is 48.7 Å². The summed E-state index contributed by atoms with van der Waals surface area (Å²) in [4.78, 5) is 6.81. The minimum absolute atomic E-state index is 0.597. The Bertz CT molecular complexity index is 600. The third kappa shape index (κ3) is 6.10. The van der Waals surface area contributed by atoms with E-state index in [9.17, 15) is 0 Å². The van der Waals surface area contributed by atoms with Gasteiger partial charge in [0.05, 0.1) is 5.69 Å². The van der Waals surface area contributed by atoms with Crippen LogP contribution in [0.1, 0.15) is 37.4 Å². The van der Waals surface area contributed by atoms with Crippen molar-refractivity contribution in [3.63, 3.8) is 0 Å². The molecule has 1 saturated heterocycles. The maximum Gasteiger partial charge on any atom is 0.0541 e. The zero-order chi connectivity index (χ0) is 18.1. The second-order valence-corrected chi connectivity index (χ2v) is 6.86. The number of rotatable bonds is 5. The highest BCUT2D eigenvalue weighted by Gasteiger charge is 2.28. The quantitative estimate of drug-likeness (QED) is 0.846. The van der Waals surface area contributed by atoms with Gasteiger partial charge in [0.25, 0.3) is 0 Å². The average Bonchev–Trinajstić information content (AvgIpc) is 2.65. The fraction of sp³-hybridized carbons (Fsp3) is 0.476. The standard InChI is InChI=1S/C19H24ClN3.C2H6/c1-23-11-9-19(15-5-7-17(20)8-6-15)16(14-23)12-21-13-18-4-2-3-10-22-18;1-2/h2-8,10,16,19,21H,9,11-14H2,1H3;1-2H3/t16-,19?;/m1./s1. The van der Waals surface area contributed by atoms with Crippen molar-refractivity contribution in [1.82, 2.24) is 15.2 Å². The number of benzene rings is 1. The molecule has 0 saturated carbocycles. The summed E-state index contributed by atoms with van der Waals surface area (Å²) in [6.45, 7) is 8.12. The van der Waals surface area contributed by atoms with Crippen LogP contribution in [-0.4, -0.2) is 36.6 Å². The van der Waals surface area contributed by atoms with Crippen LogP contribution in [0.3, 0.4) is 0 Å². The SMILES string of the molecule is CC.CN1CCC(c2ccc(Cl)cc2)[C@H](CNCc2ccccn2)C1. The molecule has 25 heavy (non-hydrogen) atoms. The number of nitrogens with zero attached hydrogens (tertiary/aromatic N) is 2. The van der Waals surface area contributed by atoms with Crippen LogP contribution in [0.2, 0.25) is 5.02 Å². The second-order valence-electron chi connectivity index (χ2n) is 6.42. The van der Waals surface area contributed by atoms with E-state index in [2.05, 4.69) is 40.4 Å². The summed E-state index contributed by atoms with van der Waals surface area (Å²) < 4.78 is 0. The first-order valence-electron chi connectivity index (χ1n) is 9.27. The molecule has 0 bridgehead atoms. The number of halogens is 1. The molecule has 0 aliphatic carbocycles. The van der Waals surface area contributed by atoms with Gasteiger partial charge in [0.1, 0.15) is 0 Å². The fourth-order valence-electron chi connectivity index (χ4n) is 3.46. The topological polar surface area (TPSA) is 28.2 Å². The maximum atomic E-state index is 6.03. The van der Waals surface area contributed by atoms with Crippen LogP contribution < -0.4 is 5.32 Å². The molecule has 1 aliphatic rings. The Morgan fingerprint density at radius 1 is 1.16 bits per heavy atom. The average molecular weight is 360 g/mol. The van der Waals surface area contributed by atoms with E-state index in [0.29, 0.717) is 11.8 Å². The molecule has 2 heterocycles. The molecular formula is C21H30ClN3. The summed E-state index contributed by atoms with van der Waals surface area (Å²) in [5, 5.41) is 4.40. The summed E-state index contributed by atoms with van der Waals surface area (Å²) in [5.74, 6) is 1.21. The first-order valence-corrected chi connectivity index (χ1v) is 9.65. The van der Waals surface area contributed by atoms with Crippen molar-refractivity contribution in [3.8, 4) is 0 Å². The van der Waals surface area contributed by atoms with E-state index in [0.717, 1.165) is 36.9 Å². The second kappa shape index (κ2) is 10.5. The highest BCUT2D eigenvalue weighted by molar-refractivity contribution is 6.30. The van der Waals surface area contributed by atoms with E-state index in [-0.39, 0.29) is 0 Å². The molecule has 1 aromatic carbocycles. The van der Waals surface area contributed by atoms with E-state index >= 15 is 0 Å². The number of nitrogens with one attached hydrogen (secondary N) is 1. The van der Waals surface area contributed by atoms with E-state index in [1.807, 2.05) is 44.3 Å². The zero-order valence-corrected chi connectivity index (χ0v) is 16.3. The van der Waals surface area contributed by atoms with Crippen LogP contribution in [0.5, 0.6) is 0 Å². The number of pyridine rings is 1. The van der Waals surface area contributed by atoms with Gasteiger partial charge in [-0.1, -0.05) is 43.6 Å². The molecule has 136 valence electrons. The third-order valence-corrected chi connectivity index (χ3v) is 4.93. The van der Waals surface area contributed by atoms with Crippen molar-refractivity contribution in [1.29, 1.82) is 0 Å². The van der Waals surface area contributed by atoms with Gasteiger partial charge in [0.15, 0.2) is 0 Å². The predicted octanol–water partition coefficient (Wildman–Crippen LogP) is 4.59. The van der Waals surface area contributed by atoms with Crippen molar-refractivity contribution in [2.75, 3.05) is 26.7 Å². The Morgan fingerprint density at radius 2 is 1.92 bits per heavy atom. The molecule has 1 N–H and O–H groups in total. The highest BCUT2D eigenvalue weighted by atomic mass is 35.5. The maximum absolute atomic E-state index is 6.03. The van der Waals surface area contributed by atoms with Crippen LogP contribution in [-0.2, 0) is 6.54 Å². The molecule has 2 atom stereocenters. The normalized spacial score (nSPS) is 20.6. The van der Waals surface area contributed by atoms with Crippen molar-refractivity contribution < 1.29 is 0 Å². The number of hydrogen-bond donors (Lipinski definition) is 1. The van der Waals surface area contributed by atoms with E-state index in [1.54, 1.807) is 0 Å². The Balaban J connectivity index is 0.00000109. The summed E-state index contributed by atoms with van der Waals surface area (Å²) in [5.41, 5.74) is 2.51. The minimum atomic E-state index is 0.597. The van der Waals surface area contributed by atoms with Crippen molar-refractivity contribution >= 4 is 11.6 Å². The molecule has 1 fully saturated rings. The Labute approximate surface area is 157 Å². The molecule has 0 spiro atoms. The fourth-order valence-corrected chi connectivity index (χ4v) is 3.58. The van der Waals surface area contributed by atoms with Gasteiger partial charge >= 0.3 is 0 Å². The molecule has 3 rings (SSSR count). The minimum Gasteiger partial charge on any atom is -0.311 e. The first kappa shape index (κ1) is 19.9. The molecule has 1 aliphatic heterocycles. The molecule has 3 nitrogen and oxygen atoms in total. The lowest BCUT2D eigenvalue weighted by Crippen LogP contribution is -2.41. The molecular weight excluding hydrogens is 330 g/mol. The van der Waals surface area contributed by atoms with Crippen molar-refractivity contribution in [2.24, 2.45) is 5.92 Å². The molecule has 4 heteroatoms.